The van der Waals surface area contributed by atoms with Gasteiger partial charge in [-0.3, -0.25) is 9.59 Å². The first-order valence-corrected chi connectivity index (χ1v) is 11.7. The molecule has 2 rings (SSSR count). The molecule has 0 aliphatic heterocycles. The normalized spacial score (nSPS) is 12.3. The molecule has 0 radical (unpaired) electrons. The molecule has 0 spiro atoms. The summed E-state index contributed by atoms with van der Waals surface area (Å²) in [4.78, 5) is 26.5. The number of nitrogens with zero attached hydrogens (tertiary/aromatic N) is 1. The summed E-state index contributed by atoms with van der Waals surface area (Å²) in [6.07, 6.45) is 0.671. The third-order valence-corrected chi connectivity index (χ3v) is 6.65. The van der Waals surface area contributed by atoms with Crippen molar-refractivity contribution in [3.63, 3.8) is 0 Å². The number of benzene rings is 2. The van der Waals surface area contributed by atoms with Crippen molar-refractivity contribution in [3.05, 3.63) is 58.7 Å². The number of hydrogen-bond acceptors (Lipinski definition) is 4. The van der Waals surface area contributed by atoms with E-state index in [2.05, 4.69) is 10.0 Å². The van der Waals surface area contributed by atoms with Crippen LogP contribution >= 0.6 is 0 Å². The highest BCUT2D eigenvalue weighted by molar-refractivity contribution is 7.89. The Morgan fingerprint density at radius 1 is 1.03 bits per heavy atom. The summed E-state index contributed by atoms with van der Waals surface area (Å²) in [7, 11) is -2.10. The van der Waals surface area contributed by atoms with E-state index >= 15 is 0 Å². The van der Waals surface area contributed by atoms with Crippen molar-refractivity contribution in [2.45, 2.75) is 52.0 Å². The van der Waals surface area contributed by atoms with Crippen LogP contribution < -0.4 is 10.0 Å². The minimum Gasteiger partial charge on any atom is -0.332 e. The van der Waals surface area contributed by atoms with Gasteiger partial charge in [-0.1, -0.05) is 24.6 Å². The number of likely N-dealkylation sites (N-methyl/N-ethyl adjacent to an activating group) is 1. The number of hydrogen-bond donors (Lipinski definition) is 2. The Bertz CT molecular complexity index is 1040. The van der Waals surface area contributed by atoms with Crippen molar-refractivity contribution in [1.29, 1.82) is 0 Å². The van der Waals surface area contributed by atoms with Gasteiger partial charge in [0.05, 0.1) is 11.4 Å². The van der Waals surface area contributed by atoms with Crippen molar-refractivity contribution in [1.82, 2.24) is 9.62 Å². The van der Waals surface area contributed by atoms with Gasteiger partial charge in [0.1, 0.15) is 0 Å². The van der Waals surface area contributed by atoms with Crippen LogP contribution in [0.2, 0.25) is 0 Å². The average Bonchev–Trinajstić information content (AvgIpc) is 2.69. The molecule has 8 heteroatoms. The molecule has 0 saturated heterocycles. The summed E-state index contributed by atoms with van der Waals surface area (Å²) >= 11 is 0. The monoisotopic (exact) mass is 445 g/mol. The van der Waals surface area contributed by atoms with E-state index in [1.165, 1.54) is 36.2 Å². The third-order valence-electron chi connectivity index (χ3n) is 5.05. The molecule has 0 aromatic heterocycles. The number of aryl methyl sites for hydroxylation is 3. The van der Waals surface area contributed by atoms with Crippen molar-refractivity contribution in [3.8, 4) is 0 Å². The lowest BCUT2D eigenvalue weighted by atomic mass is 10.1. The Hall–Kier alpha value is -2.71. The van der Waals surface area contributed by atoms with E-state index < -0.39 is 10.0 Å². The largest absolute Gasteiger partial charge is 0.332 e. The number of amides is 2. The minimum absolute atomic E-state index is 0.0927. The van der Waals surface area contributed by atoms with Crippen LogP contribution in [0.3, 0.4) is 0 Å². The van der Waals surface area contributed by atoms with Gasteiger partial charge in [-0.25, -0.2) is 13.1 Å². The zero-order chi connectivity index (χ0) is 23.3. The SMILES string of the molecule is CCC(C)NS(=O)(=O)c1ccc(C(=O)N(C)CC(=O)Nc2c(C)cc(C)cc2C)cc1. The van der Waals surface area contributed by atoms with Crippen LogP contribution in [0, 0.1) is 20.8 Å². The van der Waals surface area contributed by atoms with Gasteiger partial charge in [0.15, 0.2) is 0 Å². The molecular formula is C23H31N3O4S. The van der Waals surface area contributed by atoms with Crippen molar-refractivity contribution in [2.24, 2.45) is 0 Å². The van der Waals surface area contributed by atoms with Crippen LogP contribution in [0.25, 0.3) is 0 Å². The van der Waals surface area contributed by atoms with Crippen LogP contribution in [-0.4, -0.2) is 44.8 Å². The molecule has 168 valence electrons. The summed E-state index contributed by atoms with van der Waals surface area (Å²) in [5.41, 5.74) is 4.09. The molecule has 1 atom stereocenters. The molecule has 31 heavy (non-hydrogen) atoms. The summed E-state index contributed by atoms with van der Waals surface area (Å²) in [6.45, 7) is 9.40. The van der Waals surface area contributed by atoms with Crippen LogP contribution in [0.5, 0.6) is 0 Å². The maximum atomic E-state index is 12.7. The third kappa shape index (κ3) is 6.38. The van der Waals surface area contributed by atoms with Gasteiger partial charge in [-0.15, -0.1) is 0 Å². The maximum Gasteiger partial charge on any atom is 0.254 e. The van der Waals surface area contributed by atoms with E-state index in [4.69, 9.17) is 0 Å². The molecule has 2 amide bonds. The van der Waals surface area contributed by atoms with Crippen LogP contribution in [0.15, 0.2) is 41.3 Å². The zero-order valence-corrected chi connectivity index (χ0v) is 19.8. The Balaban J connectivity index is 2.06. The van der Waals surface area contributed by atoms with E-state index in [-0.39, 0.29) is 29.3 Å². The van der Waals surface area contributed by atoms with Gasteiger partial charge in [0, 0.05) is 24.3 Å². The van der Waals surface area contributed by atoms with Crippen LogP contribution in [-0.2, 0) is 14.8 Å². The maximum absolute atomic E-state index is 12.7. The van der Waals surface area contributed by atoms with Gasteiger partial charge in [-0.05, 0) is 69.5 Å². The van der Waals surface area contributed by atoms with Crippen molar-refractivity contribution in [2.75, 3.05) is 18.9 Å². The molecule has 2 aromatic carbocycles. The predicted octanol–water partition coefficient (Wildman–Crippen LogP) is 3.40. The standard InChI is InChI=1S/C23H31N3O4S/c1-7-18(5)25-31(29,30)20-10-8-19(9-11-20)23(28)26(6)14-21(27)24-22-16(3)12-15(2)13-17(22)4/h8-13,18,25H,7,14H2,1-6H3,(H,24,27). The molecule has 2 aromatic rings. The number of sulfonamides is 1. The summed E-state index contributed by atoms with van der Waals surface area (Å²) in [5.74, 6) is -0.672. The lowest BCUT2D eigenvalue weighted by molar-refractivity contribution is -0.116. The lowest BCUT2D eigenvalue weighted by Crippen LogP contribution is -2.35. The first-order valence-electron chi connectivity index (χ1n) is 10.2. The fourth-order valence-electron chi connectivity index (χ4n) is 3.26. The van der Waals surface area contributed by atoms with Crippen molar-refractivity contribution < 1.29 is 18.0 Å². The summed E-state index contributed by atoms with van der Waals surface area (Å²) < 4.78 is 27.3. The second kappa shape index (κ2) is 10.1. The van der Waals surface area contributed by atoms with Gasteiger partial charge < -0.3 is 10.2 Å². The molecular weight excluding hydrogens is 414 g/mol. The lowest BCUT2D eigenvalue weighted by Gasteiger charge is -2.19. The molecule has 1 unspecified atom stereocenters. The Morgan fingerprint density at radius 2 is 1.58 bits per heavy atom. The Kier molecular flexibility index (Phi) is 7.97. The first-order chi connectivity index (χ1) is 14.4. The topological polar surface area (TPSA) is 95.6 Å². The molecule has 0 saturated carbocycles. The van der Waals surface area contributed by atoms with Crippen LogP contribution in [0.4, 0.5) is 5.69 Å². The van der Waals surface area contributed by atoms with E-state index in [9.17, 15) is 18.0 Å². The fourth-order valence-corrected chi connectivity index (χ4v) is 4.58. The number of carbonyl (C=O) groups excluding carboxylic acids is 2. The molecule has 0 aliphatic rings. The smallest absolute Gasteiger partial charge is 0.254 e. The predicted molar refractivity (Wildman–Crippen MR) is 123 cm³/mol. The molecule has 0 bridgehead atoms. The van der Waals surface area contributed by atoms with Crippen molar-refractivity contribution >= 4 is 27.5 Å². The Labute approximate surface area is 184 Å². The van der Waals surface area contributed by atoms with E-state index in [1.54, 1.807) is 6.92 Å². The number of nitrogens with one attached hydrogen (secondary N) is 2. The quantitative estimate of drug-likeness (QED) is 0.651. The number of carbonyl (C=O) groups is 2. The van der Waals surface area contributed by atoms with E-state index in [0.29, 0.717) is 12.0 Å². The molecule has 2 N–H and O–H groups in total. The van der Waals surface area contributed by atoms with Gasteiger partial charge in [0.2, 0.25) is 15.9 Å². The highest BCUT2D eigenvalue weighted by atomic mass is 32.2. The molecule has 0 fully saturated rings. The van der Waals surface area contributed by atoms with E-state index in [1.807, 2.05) is 39.8 Å². The number of anilines is 1. The first kappa shape index (κ1) is 24.6. The highest BCUT2D eigenvalue weighted by Gasteiger charge is 2.19. The second-order valence-corrected chi connectivity index (χ2v) is 9.65. The van der Waals surface area contributed by atoms with Crippen LogP contribution in [0.1, 0.15) is 47.3 Å². The molecule has 0 heterocycles. The van der Waals surface area contributed by atoms with Gasteiger partial charge >= 0.3 is 0 Å². The average molecular weight is 446 g/mol. The molecule has 0 aliphatic carbocycles. The summed E-state index contributed by atoms with van der Waals surface area (Å²) in [6, 6.07) is 9.49. The van der Waals surface area contributed by atoms with E-state index in [0.717, 1.165) is 22.4 Å². The van der Waals surface area contributed by atoms with Gasteiger partial charge in [0.25, 0.3) is 5.91 Å². The minimum atomic E-state index is -3.64. The zero-order valence-electron chi connectivity index (χ0n) is 18.9. The summed E-state index contributed by atoms with van der Waals surface area (Å²) in [5, 5.41) is 2.88. The molecule has 7 nitrogen and oxygen atoms in total. The number of rotatable bonds is 8. The van der Waals surface area contributed by atoms with Gasteiger partial charge in [-0.2, -0.15) is 0 Å². The highest BCUT2D eigenvalue weighted by Crippen LogP contribution is 2.22. The second-order valence-electron chi connectivity index (χ2n) is 7.94. The Morgan fingerprint density at radius 3 is 2.10 bits per heavy atom. The fraction of sp³-hybridized carbons (Fsp3) is 0.391.